The fourth-order valence-corrected chi connectivity index (χ4v) is 1.54. The number of nitrogens with zero attached hydrogens (tertiary/aromatic N) is 1. The zero-order valence-electron chi connectivity index (χ0n) is 10.0. The minimum absolute atomic E-state index is 0.242. The van der Waals surface area contributed by atoms with Crippen molar-refractivity contribution in [1.82, 2.24) is 4.90 Å². The van der Waals surface area contributed by atoms with Gasteiger partial charge in [0, 0.05) is 12.1 Å². The molecule has 0 aliphatic carbocycles. The number of amides is 1. The number of esters is 1. The zero-order chi connectivity index (χ0) is 12.8. The Labute approximate surface area is 99.8 Å². The minimum atomic E-state index is -0.972. The molecular formula is C11H17NO5. The van der Waals surface area contributed by atoms with Gasteiger partial charge in [0.1, 0.15) is 0 Å². The van der Waals surface area contributed by atoms with Crippen molar-refractivity contribution in [2.24, 2.45) is 0 Å². The molecule has 0 aromatic heterocycles. The van der Waals surface area contributed by atoms with Gasteiger partial charge in [-0.05, 0) is 19.9 Å². The van der Waals surface area contributed by atoms with Crippen molar-refractivity contribution in [3.05, 3.63) is 11.6 Å². The Hall–Kier alpha value is -1.56. The van der Waals surface area contributed by atoms with E-state index in [4.69, 9.17) is 14.6 Å². The first-order valence-corrected chi connectivity index (χ1v) is 5.49. The maximum atomic E-state index is 11.4. The highest BCUT2D eigenvalue weighted by Crippen LogP contribution is 2.09. The lowest BCUT2D eigenvalue weighted by Gasteiger charge is -2.29. The van der Waals surface area contributed by atoms with E-state index < -0.39 is 12.1 Å². The molecule has 6 nitrogen and oxygen atoms in total. The van der Waals surface area contributed by atoms with E-state index in [1.54, 1.807) is 19.9 Å². The maximum absolute atomic E-state index is 11.4. The van der Waals surface area contributed by atoms with Gasteiger partial charge in [-0.25, -0.2) is 9.59 Å². The Morgan fingerprint density at radius 1 is 1.59 bits per heavy atom. The predicted molar refractivity (Wildman–Crippen MR) is 59.7 cm³/mol. The van der Waals surface area contributed by atoms with Crippen LogP contribution in [0, 0.1) is 0 Å². The molecule has 1 amide bonds. The molecular weight excluding hydrogens is 226 g/mol. The average Bonchev–Trinajstić information content (AvgIpc) is 2.29. The molecule has 1 aliphatic rings. The number of carbonyl (C=O) groups excluding carboxylic acids is 1. The number of carboxylic acid groups (broad SMARTS) is 1. The van der Waals surface area contributed by atoms with E-state index in [9.17, 15) is 9.59 Å². The molecule has 1 rings (SSSR count). The van der Waals surface area contributed by atoms with Crippen LogP contribution in [0.15, 0.2) is 11.6 Å². The first-order valence-electron chi connectivity index (χ1n) is 5.49. The highest BCUT2D eigenvalue weighted by atomic mass is 16.5. The second kappa shape index (κ2) is 6.24. The molecule has 0 radical (unpaired) electrons. The van der Waals surface area contributed by atoms with E-state index in [0.717, 1.165) is 0 Å². The number of ether oxygens (including phenoxy) is 2. The Balaban J connectivity index is 2.58. The summed E-state index contributed by atoms with van der Waals surface area (Å²) in [5.41, 5.74) is 0.434. The van der Waals surface area contributed by atoms with Gasteiger partial charge in [-0.2, -0.15) is 0 Å². The van der Waals surface area contributed by atoms with Gasteiger partial charge < -0.3 is 19.5 Å². The first-order chi connectivity index (χ1) is 8.04. The van der Waals surface area contributed by atoms with Gasteiger partial charge in [0.05, 0.1) is 25.9 Å². The first kappa shape index (κ1) is 13.5. The van der Waals surface area contributed by atoms with Crippen molar-refractivity contribution in [3.63, 3.8) is 0 Å². The van der Waals surface area contributed by atoms with Gasteiger partial charge in [-0.3, -0.25) is 0 Å². The molecule has 0 aromatic carbocycles. The molecule has 1 saturated heterocycles. The van der Waals surface area contributed by atoms with E-state index in [2.05, 4.69) is 0 Å². The van der Waals surface area contributed by atoms with Gasteiger partial charge in [0.15, 0.2) is 0 Å². The van der Waals surface area contributed by atoms with Crippen LogP contribution in [0.1, 0.15) is 13.8 Å². The van der Waals surface area contributed by atoms with Crippen LogP contribution in [0.5, 0.6) is 0 Å². The molecule has 1 N–H and O–H groups in total. The summed E-state index contributed by atoms with van der Waals surface area (Å²) in [5, 5.41) is 8.84. The maximum Gasteiger partial charge on any atom is 0.407 e. The largest absolute Gasteiger partial charge is 0.465 e. The fourth-order valence-electron chi connectivity index (χ4n) is 1.54. The molecule has 0 saturated carbocycles. The number of hydrogen-bond donors (Lipinski definition) is 1. The van der Waals surface area contributed by atoms with Crippen LogP contribution in [0.25, 0.3) is 0 Å². The second-order valence-electron chi connectivity index (χ2n) is 3.71. The number of morpholine rings is 1. The quantitative estimate of drug-likeness (QED) is 0.588. The van der Waals surface area contributed by atoms with Crippen LogP contribution in [0.4, 0.5) is 4.79 Å². The van der Waals surface area contributed by atoms with Crippen molar-refractivity contribution in [2.75, 3.05) is 26.3 Å². The molecule has 6 heteroatoms. The van der Waals surface area contributed by atoms with Gasteiger partial charge in [-0.15, -0.1) is 0 Å². The Morgan fingerprint density at radius 3 is 2.88 bits per heavy atom. The lowest BCUT2D eigenvalue weighted by molar-refractivity contribution is -0.138. The van der Waals surface area contributed by atoms with Crippen LogP contribution < -0.4 is 0 Å². The molecule has 1 heterocycles. The average molecular weight is 243 g/mol. The van der Waals surface area contributed by atoms with Gasteiger partial charge in [0.25, 0.3) is 0 Å². The van der Waals surface area contributed by atoms with Crippen LogP contribution in [-0.4, -0.2) is 54.5 Å². The van der Waals surface area contributed by atoms with Crippen LogP contribution in [0.2, 0.25) is 0 Å². The third kappa shape index (κ3) is 4.07. The topological polar surface area (TPSA) is 76.1 Å². The summed E-state index contributed by atoms with van der Waals surface area (Å²) in [5.74, 6) is -0.399. The molecule has 1 fully saturated rings. The molecule has 96 valence electrons. The smallest absolute Gasteiger partial charge is 0.407 e. The standard InChI is InChI=1S/C11H17NO5/c1-3-16-10(13)8(2)6-9-7-12(11(14)15)4-5-17-9/h6,9H,3-5,7H2,1-2H3,(H,14,15). The summed E-state index contributed by atoms with van der Waals surface area (Å²) in [6.45, 7) is 4.61. The normalized spacial score (nSPS) is 21.2. The SMILES string of the molecule is CCOC(=O)C(C)=CC1CN(C(=O)O)CCO1. The Morgan fingerprint density at radius 2 is 2.29 bits per heavy atom. The van der Waals surface area contributed by atoms with Crippen molar-refractivity contribution in [1.29, 1.82) is 0 Å². The van der Waals surface area contributed by atoms with Crippen LogP contribution in [0.3, 0.4) is 0 Å². The minimum Gasteiger partial charge on any atom is -0.465 e. The fraction of sp³-hybridized carbons (Fsp3) is 0.636. The van der Waals surface area contributed by atoms with Gasteiger partial charge in [0.2, 0.25) is 0 Å². The van der Waals surface area contributed by atoms with E-state index in [-0.39, 0.29) is 12.6 Å². The van der Waals surface area contributed by atoms with E-state index in [1.165, 1.54) is 4.90 Å². The molecule has 17 heavy (non-hydrogen) atoms. The molecule has 1 aliphatic heterocycles. The van der Waals surface area contributed by atoms with Crippen molar-refractivity contribution >= 4 is 12.1 Å². The van der Waals surface area contributed by atoms with E-state index in [0.29, 0.717) is 25.3 Å². The summed E-state index contributed by atoms with van der Waals surface area (Å²) < 4.78 is 10.2. The molecule has 0 spiro atoms. The van der Waals surface area contributed by atoms with Gasteiger partial charge in [-0.1, -0.05) is 0 Å². The lowest BCUT2D eigenvalue weighted by atomic mass is 10.2. The summed E-state index contributed by atoms with van der Waals surface area (Å²) in [6, 6.07) is 0. The molecule has 0 bridgehead atoms. The highest BCUT2D eigenvalue weighted by Gasteiger charge is 2.23. The van der Waals surface area contributed by atoms with E-state index >= 15 is 0 Å². The highest BCUT2D eigenvalue weighted by molar-refractivity contribution is 5.87. The Bertz CT molecular complexity index is 326. The van der Waals surface area contributed by atoms with Crippen molar-refractivity contribution < 1.29 is 24.2 Å². The number of carbonyl (C=O) groups is 2. The summed E-state index contributed by atoms with van der Waals surface area (Å²) in [4.78, 5) is 23.4. The monoisotopic (exact) mass is 243 g/mol. The van der Waals surface area contributed by atoms with Crippen molar-refractivity contribution in [2.45, 2.75) is 20.0 Å². The molecule has 1 unspecified atom stereocenters. The van der Waals surface area contributed by atoms with Crippen LogP contribution >= 0.6 is 0 Å². The number of hydrogen-bond acceptors (Lipinski definition) is 4. The lowest BCUT2D eigenvalue weighted by Crippen LogP contribution is -2.44. The van der Waals surface area contributed by atoms with Crippen molar-refractivity contribution in [3.8, 4) is 0 Å². The van der Waals surface area contributed by atoms with Gasteiger partial charge >= 0.3 is 12.1 Å². The molecule has 1 atom stereocenters. The summed E-state index contributed by atoms with van der Waals surface area (Å²) in [7, 11) is 0. The third-order valence-electron chi connectivity index (χ3n) is 2.40. The number of rotatable bonds is 3. The summed E-state index contributed by atoms with van der Waals surface area (Å²) >= 11 is 0. The Kier molecular flexibility index (Phi) is 4.96. The third-order valence-corrected chi connectivity index (χ3v) is 2.40. The van der Waals surface area contributed by atoms with Crippen LogP contribution in [-0.2, 0) is 14.3 Å². The molecule has 0 aromatic rings. The second-order valence-corrected chi connectivity index (χ2v) is 3.71. The predicted octanol–water partition coefficient (Wildman–Crippen LogP) is 0.875. The summed E-state index contributed by atoms with van der Waals surface area (Å²) in [6.07, 6.45) is 0.248. The zero-order valence-corrected chi connectivity index (χ0v) is 10.0. The van der Waals surface area contributed by atoms with E-state index in [1.807, 2.05) is 0 Å².